The number of anilines is 1. The zero-order valence-electron chi connectivity index (χ0n) is 6.79. The number of hydrogen-bond donors (Lipinski definition) is 2. The van der Waals surface area contributed by atoms with E-state index in [9.17, 15) is 4.79 Å². The second kappa shape index (κ2) is 3.89. The maximum absolute atomic E-state index is 10.7. The van der Waals surface area contributed by atoms with E-state index in [0.717, 1.165) is 8.76 Å². The van der Waals surface area contributed by atoms with Crippen molar-refractivity contribution < 1.29 is 36.0 Å². The average Bonchev–Trinajstić information content (AvgIpc) is 2.03. The van der Waals surface area contributed by atoms with Crippen LogP contribution < -0.4 is 8.39 Å². The summed E-state index contributed by atoms with van der Waals surface area (Å²) in [5.74, 6) is -0.869. The van der Waals surface area contributed by atoms with Crippen LogP contribution in [0.15, 0.2) is 18.2 Å². The Balaban J connectivity index is 3.27. The monoisotopic (exact) mass is 352 g/mol. The van der Waals surface area contributed by atoms with Crippen LogP contribution in [0.3, 0.4) is 0 Å². The van der Waals surface area contributed by atoms with Gasteiger partial charge in [-0.1, -0.05) is 0 Å². The van der Waals surface area contributed by atoms with E-state index in [1.807, 2.05) is 6.07 Å². The molecule has 0 unspecified atom stereocenters. The molecule has 0 spiro atoms. The minimum absolute atomic E-state index is 0.366. The SMILES string of the molecule is CNc1[c]([Hg])cccc1C(=O)O. The van der Waals surface area contributed by atoms with Crippen molar-refractivity contribution in [3.8, 4) is 0 Å². The van der Waals surface area contributed by atoms with E-state index >= 15 is 0 Å². The number of rotatable bonds is 2. The molecule has 59 valence electrons. The molecule has 0 fully saturated rings. The number of hydrogen-bond acceptors (Lipinski definition) is 2. The zero-order valence-corrected chi connectivity index (χ0v) is 12.3. The summed E-state index contributed by atoms with van der Waals surface area (Å²) in [6.07, 6.45) is 0. The first-order chi connectivity index (χ1) is 5.66. The number of para-hydroxylation sites is 1. The summed E-state index contributed by atoms with van der Waals surface area (Å²) in [5, 5.41) is 11.7. The third kappa shape index (κ3) is 1.77. The van der Waals surface area contributed by atoms with Gasteiger partial charge in [-0.2, -0.15) is 0 Å². The zero-order chi connectivity index (χ0) is 9.14. The Hall–Kier alpha value is -0.575. The van der Waals surface area contributed by atoms with Gasteiger partial charge in [-0.25, -0.2) is 0 Å². The van der Waals surface area contributed by atoms with Gasteiger partial charge >= 0.3 is 86.9 Å². The molecule has 0 amide bonds. The van der Waals surface area contributed by atoms with Crippen LogP contribution in [0, 0.1) is 0 Å². The van der Waals surface area contributed by atoms with Crippen LogP contribution in [0.1, 0.15) is 10.4 Å². The van der Waals surface area contributed by atoms with Gasteiger partial charge in [0.25, 0.3) is 0 Å². The van der Waals surface area contributed by atoms with Crippen LogP contribution in [-0.4, -0.2) is 18.1 Å². The van der Waals surface area contributed by atoms with E-state index in [0.29, 0.717) is 31.7 Å². The summed E-state index contributed by atoms with van der Waals surface area (Å²) in [6, 6.07) is 5.36. The topological polar surface area (TPSA) is 49.3 Å². The van der Waals surface area contributed by atoms with Crippen molar-refractivity contribution in [2.75, 3.05) is 12.4 Å². The molecule has 0 bridgehead atoms. The van der Waals surface area contributed by atoms with E-state index < -0.39 is 5.97 Å². The summed E-state index contributed by atoms with van der Waals surface area (Å²) in [5.41, 5.74) is 1.14. The number of carboxylic acid groups (broad SMARTS) is 1. The van der Waals surface area contributed by atoms with Crippen molar-refractivity contribution in [2.45, 2.75) is 0 Å². The molecule has 0 saturated heterocycles. The predicted molar refractivity (Wildman–Crippen MR) is 42.6 cm³/mol. The predicted octanol–water partition coefficient (Wildman–Crippen LogP) is 0.599. The van der Waals surface area contributed by atoms with E-state index in [1.165, 1.54) is 0 Å². The molecular weight excluding hydrogens is 343 g/mol. The first-order valence-corrected chi connectivity index (χ1v) is 6.27. The number of nitrogens with one attached hydrogen (secondary N) is 1. The first-order valence-electron chi connectivity index (χ1n) is 3.53. The molecule has 4 heteroatoms. The molecule has 0 aliphatic carbocycles. The van der Waals surface area contributed by atoms with E-state index in [2.05, 4.69) is 5.32 Å². The Morgan fingerprint density at radius 1 is 1.58 bits per heavy atom. The van der Waals surface area contributed by atoms with Crippen LogP contribution in [0.25, 0.3) is 0 Å². The van der Waals surface area contributed by atoms with Gasteiger partial charge in [-0.15, -0.1) is 0 Å². The Morgan fingerprint density at radius 2 is 2.25 bits per heavy atom. The van der Waals surface area contributed by atoms with E-state index in [1.54, 1.807) is 19.2 Å². The van der Waals surface area contributed by atoms with Gasteiger partial charge in [0.1, 0.15) is 0 Å². The van der Waals surface area contributed by atoms with Crippen molar-refractivity contribution in [1.82, 2.24) is 0 Å². The molecular formula is C8H8HgNO2. The Morgan fingerprint density at radius 3 is 2.67 bits per heavy atom. The third-order valence-electron chi connectivity index (χ3n) is 1.63. The number of aromatic carboxylic acids is 1. The van der Waals surface area contributed by atoms with Crippen LogP contribution in [0.2, 0.25) is 0 Å². The molecule has 3 nitrogen and oxygen atoms in total. The van der Waals surface area contributed by atoms with Crippen LogP contribution in [-0.2, 0) is 26.1 Å². The quantitative estimate of drug-likeness (QED) is 0.768. The first kappa shape index (κ1) is 9.51. The molecule has 0 heterocycles. The van der Waals surface area contributed by atoms with Crippen LogP contribution in [0.5, 0.6) is 0 Å². The van der Waals surface area contributed by atoms with Crippen LogP contribution >= 0.6 is 0 Å². The molecule has 1 rings (SSSR count). The molecule has 12 heavy (non-hydrogen) atoms. The summed E-state index contributed by atoms with van der Waals surface area (Å²) < 4.78 is 1.14. The molecule has 0 saturated carbocycles. The Bertz CT molecular complexity index is 312. The average molecular weight is 351 g/mol. The van der Waals surface area contributed by atoms with Crippen molar-refractivity contribution in [2.24, 2.45) is 0 Å². The van der Waals surface area contributed by atoms with Crippen molar-refractivity contribution in [1.29, 1.82) is 0 Å². The summed E-state index contributed by atoms with van der Waals surface area (Å²) in [7, 11) is 1.75. The van der Waals surface area contributed by atoms with Crippen molar-refractivity contribution >= 4 is 14.7 Å². The van der Waals surface area contributed by atoms with Gasteiger partial charge in [-0.3, -0.25) is 0 Å². The summed E-state index contributed by atoms with van der Waals surface area (Å²) in [4.78, 5) is 10.7. The molecule has 2 N–H and O–H groups in total. The van der Waals surface area contributed by atoms with Gasteiger partial charge in [0, 0.05) is 0 Å². The van der Waals surface area contributed by atoms with Crippen molar-refractivity contribution in [3.63, 3.8) is 0 Å². The summed E-state index contributed by atoms with van der Waals surface area (Å²) >= 11 is 0.446. The summed E-state index contributed by atoms with van der Waals surface area (Å²) in [6.45, 7) is 0. The maximum atomic E-state index is 10.7. The number of benzene rings is 1. The molecule has 0 aliphatic rings. The normalized spacial score (nSPS) is 9.58. The molecule has 0 aromatic heterocycles. The second-order valence-corrected chi connectivity index (χ2v) is 5.36. The molecule has 0 aliphatic heterocycles. The fourth-order valence-corrected chi connectivity index (χ4v) is 3.03. The molecule has 1 aromatic carbocycles. The van der Waals surface area contributed by atoms with Gasteiger partial charge in [0.2, 0.25) is 0 Å². The van der Waals surface area contributed by atoms with Crippen LogP contribution in [0.4, 0.5) is 5.69 Å². The second-order valence-electron chi connectivity index (χ2n) is 2.39. The number of carboxylic acids is 1. The molecule has 0 atom stereocenters. The molecule has 1 aromatic rings. The Labute approximate surface area is 86.8 Å². The molecule has 0 radical (unpaired) electrons. The van der Waals surface area contributed by atoms with E-state index in [4.69, 9.17) is 5.11 Å². The standard InChI is InChI=1S/C8H8NO2.Hg/c1-9-7-5-3-2-4-6(7)8(10)11;/h2-4,9H,1H3,(H,10,11);. The van der Waals surface area contributed by atoms with Gasteiger partial charge in [0.05, 0.1) is 0 Å². The van der Waals surface area contributed by atoms with Crippen molar-refractivity contribution in [3.05, 3.63) is 23.8 Å². The van der Waals surface area contributed by atoms with Gasteiger partial charge < -0.3 is 0 Å². The third-order valence-corrected chi connectivity index (χ3v) is 3.92. The fourth-order valence-electron chi connectivity index (χ4n) is 1.07. The fraction of sp³-hybridized carbons (Fsp3) is 0.125. The van der Waals surface area contributed by atoms with Gasteiger partial charge in [0.15, 0.2) is 0 Å². The Kier molecular flexibility index (Phi) is 3.09. The van der Waals surface area contributed by atoms with Gasteiger partial charge in [-0.05, 0) is 0 Å². The van der Waals surface area contributed by atoms with E-state index in [-0.39, 0.29) is 0 Å². The minimum atomic E-state index is -0.869. The number of carbonyl (C=O) groups is 1.